The van der Waals surface area contributed by atoms with Crippen molar-refractivity contribution in [2.24, 2.45) is 5.92 Å². The van der Waals surface area contributed by atoms with Gasteiger partial charge in [0.05, 0.1) is 6.61 Å². The molecule has 2 N–H and O–H groups in total. The van der Waals surface area contributed by atoms with Gasteiger partial charge in [-0.1, -0.05) is 13.8 Å². The number of ether oxygens (including phenoxy) is 1. The number of esters is 1. The van der Waals surface area contributed by atoms with E-state index in [1.165, 1.54) is 0 Å². The zero-order valence-corrected chi connectivity index (χ0v) is 11.6. The maximum atomic E-state index is 11.7. The first-order chi connectivity index (χ1) is 7.67. The average molecular weight is 244 g/mol. The van der Waals surface area contributed by atoms with E-state index >= 15 is 0 Å². The fourth-order valence-electron chi connectivity index (χ4n) is 1.25. The van der Waals surface area contributed by atoms with Gasteiger partial charge in [0.1, 0.15) is 6.04 Å². The predicted octanol–water partition coefficient (Wildman–Crippen LogP) is 1.67. The van der Waals surface area contributed by atoms with E-state index in [-0.39, 0.29) is 17.5 Å². The van der Waals surface area contributed by atoms with Crippen LogP contribution in [0.15, 0.2) is 0 Å². The Balaban J connectivity index is 4.46. The van der Waals surface area contributed by atoms with Crippen LogP contribution in [-0.4, -0.2) is 30.2 Å². The van der Waals surface area contributed by atoms with Gasteiger partial charge in [-0.2, -0.15) is 0 Å². The molecule has 0 heterocycles. The molecule has 0 saturated carbocycles. The van der Waals surface area contributed by atoms with Crippen molar-refractivity contribution in [2.75, 3.05) is 6.61 Å². The lowest BCUT2D eigenvalue weighted by molar-refractivity contribution is -0.146. The molecule has 0 aliphatic rings. The fraction of sp³-hybridized carbons (Fsp3) is 0.833. The first kappa shape index (κ1) is 15.7. The van der Waals surface area contributed by atoms with Gasteiger partial charge in [-0.3, -0.25) is 0 Å². The highest BCUT2D eigenvalue weighted by molar-refractivity contribution is 5.84. The number of nitrogens with one attached hydrogen (secondary N) is 2. The normalized spacial score (nSPS) is 13.1. The minimum Gasteiger partial charge on any atom is -0.464 e. The molecule has 0 saturated heterocycles. The average Bonchev–Trinajstić information content (AvgIpc) is 2.11. The lowest BCUT2D eigenvalue weighted by Crippen LogP contribution is -2.53. The van der Waals surface area contributed by atoms with Crippen LogP contribution >= 0.6 is 0 Å². The summed E-state index contributed by atoms with van der Waals surface area (Å²) in [7, 11) is 0. The molecule has 2 amide bonds. The first-order valence-electron chi connectivity index (χ1n) is 5.92. The van der Waals surface area contributed by atoms with Crippen LogP contribution < -0.4 is 10.6 Å². The van der Waals surface area contributed by atoms with Crippen molar-refractivity contribution in [3.63, 3.8) is 0 Å². The van der Waals surface area contributed by atoms with Crippen molar-refractivity contribution in [3.8, 4) is 0 Å². The summed E-state index contributed by atoms with van der Waals surface area (Å²) in [5.74, 6) is -0.411. The second-order valence-corrected chi connectivity index (χ2v) is 5.32. The van der Waals surface area contributed by atoms with Gasteiger partial charge in [-0.05, 0) is 33.6 Å². The molecule has 5 heteroatoms. The van der Waals surface area contributed by atoms with E-state index in [2.05, 4.69) is 10.6 Å². The van der Waals surface area contributed by atoms with Gasteiger partial charge in [0.25, 0.3) is 0 Å². The van der Waals surface area contributed by atoms with Crippen LogP contribution in [0.25, 0.3) is 0 Å². The molecule has 0 bridgehead atoms. The summed E-state index contributed by atoms with van der Waals surface area (Å²) >= 11 is 0. The number of carbonyl (C=O) groups is 2. The Kier molecular flexibility index (Phi) is 5.99. The van der Waals surface area contributed by atoms with Gasteiger partial charge in [0.15, 0.2) is 0 Å². The molecule has 0 rings (SSSR count). The summed E-state index contributed by atoms with van der Waals surface area (Å²) in [6, 6.07) is -0.971. The van der Waals surface area contributed by atoms with Crippen LogP contribution in [0.2, 0.25) is 0 Å². The second kappa shape index (κ2) is 6.47. The summed E-state index contributed by atoms with van der Waals surface area (Å²) in [5.41, 5.74) is -0.333. The Morgan fingerprint density at radius 1 is 1.24 bits per heavy atom. The Morgan fingerprint density at radius 3 is 2.12 bits per heavy atom. The number of hydrogen-bond donors (Lipinski definition) is 2. The summed E-state index contributed by atoms with van der Waals surface area (Å²) in [5, 5.41) is 5.38. The van der Waals surface area contributed by atoms with Crippen molar-refractivity contribution in [3.05, 3.63) is 0 Å². The summed E-state index contributed by atoms with van der Waals surface area (Å²) in [6.45, 7) is 11.4. The molecule has 0 aliphatic heterocycles. The van der Waals surface area contributed by atoms with E-state index in [1.54, 1.807) is 6.92 Å². The lowest BCUT2D eigenvalue weighted by atomic mass is 10.0. The molecule has 0 aromatic heterocycles. The van der Waals surface area contributed by atoms with E-state index < -0.39 is 12.0 Å². The SMILES string of the molecule is CCOC(=O)[C@H](NC(=O)NC(C)(C)C)C(C)C. The minimum absolute atomic E-state index is 0.0141. The van der Waals surface area contributed by atoms with Gasteiger partial charge in [0.2, 0.25) is 0 Å². The minimum atomic E-state index is -0.614. The molecule has 100 valence electrons. The third-order valence-corrected chi connectivity index (χ3v) is 1.98. The standard InChI is InChI=1S/C12H24N2O3/c1-7-17-10(15)9(8(2)3)13-11(16)14-12(4,5)6/h8-9H,7H2,1-6H3,(H2,13,14,16)/t9-/m1/s1. The van der Waals surface area contributed by atoms with E-state index in [1.807, 2.05) is 34.6 Å². The van der Waals surface area contributed by atoms with Crippen molar-refractivity contribution in [1.29, 1.82) is 0 Å². The molecule has 1 atom stereocenters. The van der Waals surface area contributed by atoms with Crippen LogP contribution in [0.5, 0.6) is 0 Å². The number of carbonyl (C=O) groups excluding carboxylic acids is 2. The molecule has 17 heavy (non-hydrogen) atoms. The Morgan fingerprint density at radius 2 is 1.76 bits per heavy atom. The summed E-state index contributed by atoms with van der Waals surface area (Å²) < 4.78 is 4.91. The smallest absolute Gasteiger partial charge is 0.328 e. The highest BCUT2D eigenvalue weighted by Gasteiger charge is 2.26. The highest BCUT2D eigenvalue weighted by Crippen LogP contribution is 2.05. The van der Waals surface area contributed by atoms with Crippen LogP contribution in [0.1, 0.15) is 41.5 Å². The first-order valence-corrected chi connectivity index (χ1v) is 5.92. The van der Waals surface area contributed by atoms with Crippen LogP contribution in [0, 0.1) is 5.92 Å². The highest BCUT2D eigenvalue weighted by atomic mass is 16.5. The van der Waals surface area contributed by atoms with E-state index in [4.69, 9.17) is 4.74 Å². The van der Waals surface area contributed by atoms with Crippen molar-refractivity contribution in [1.82, 2.24) is 10.6 Å². The van der Waals surface area contributed by atoms with Crippen LogP contribution in [-0.2, 0) is 9.53 Å². The molecule has 0 aliphatic carbocycles. The zero-order chi connectivity index (χ0) is 13.6. The largest absolute Gasteiger partial charge is 0.464 e. The van der Waals surface area contributed by atoms with Crippen LogP contribution in [0.3, 0.4) is 0 Å². The van der Waals surface area contributed by atoms with Gasteiger partial charge in [-0.25, -0.2) is 9.59 Å². The van der Waals surface area contributed by atoms with E-state index in [0.717, 1.165) is 0 Å². The van der Waals surface area contributed by atoms with Gasteiger partial charge >= 0.3 is 12.0 Å². The lowest BCUT2D eigenvalue weighted by Gasteiger charge is -2.25. The second-order valence-electron chi connectivity index (χ2n) is 5.32. The number of hydrogen-bond acceptors (Lipinski definition) is 3. The number of urea groups is 1. The maximum Gasteiger partial charge on any atom is 0.328 e. The van der Waals surface area contributed by atoms with Crippen molar-refractivity contribution < 1.29 is 14.3 Å². The van der Waals surface area contributed by atoms with Crippen molar-refractivity contribution in [2.45, 2.75) is 53.1 Å². The third-order valence-electron chi connectivity index (χ3n) is 1.98. The number of rotatable bonds is 4. The Labute approximate surface area is 103 Å². The molecule has 0 aromatic carbocycles. The quantitative estimate of drug-likeness (QED) is 0.739. The monoisotopic (exact) mass is 244 g/mol. The van der Waals surface area contributed by atoms with Gasteiger partial charge < -0.3 is 15.4 Å². The number of amides is 2. The molecular weight excluding hydrogens is 220 g/mol. The molecule has 0 spiro atoms. The molecule has 0 radical (unpaired) electrons. The van der Waals surface area contributed by atoms with Crippen molar-refractivity contribution >= 4 is 12.0 Å². The molecule has 0 fully saturated rings. The maximum absolute atomic E-state index is 11.7. The molecular formula is C12H24N2O3. The molecule has 5 nitrogen and oxygen atoms in total. The van der Waals surface area contributed by atoms with E-state index in [9.17, 15) is 9.59 Å². The van der Waals surface area contributed by atoms with Crippen LogP contribution in [0.4, 0.5) is 4.79 Å². The zero-order valence-electron chi connectivity index (χ0n) is 11.6. The van der Waals surface area contributed by atoms with Gasteiger partial charge in [-0.15, -0.1) is 0 Å². The summed E-state index contributed by atoms with van der Waals surface area (Å²) in [4.78, 5) is 23.3. The molecule has 0 aromatic rings. The topological polar surface area (TPSA) is 67.4 Å². The van der Waals surface area contributed by atoms with E-state index in [0.29, 0.717) is 6.61 Å². The molecule has 0 unspecified atom stereocenters. The fourth-order valence-corrected chi connectivity index (χ4v) is 1.25. The predicted molar refractivity (Wildman–Crippen MR) is 66.7 cm³/mol. The third kappa shape index (κ3) is 6.81. The Hall–Kier alpha value is -1.26. The summed E-state index contributed by atoms with van der Waals surface area (Å²) in [6.07, 6.45) is 0. The Bertz CT molecular complexity index is 269. The van der Waals surface area contributed by atoms with Gasteiger partial charge in [0, 0.05) is 5.54 Å².